The van der Waals surface area contributed by atoms with Gasteiger partial charge in [0.1, 0.15) is 5.76 Å². The second kappa shape index (κ2) is 9.61. The Morgan fingerprint density at radius 3 is 2.15 bits per heavy atom. The molecule has 168 valence electrons. The fourth-order valence-electron chi connectivity index (χ4n) is 4.13. The van der Waals surface area contributed by atoms with Crippen LogP contribution in [0.15, 0.2) is 84.4 Å². The minimum Gasteiger partial charge on any atom is -0.507 e. The summed E-state index contributed by atoms with van der Waals surface area (Å²) in [5.74, 6) is -0.530. The summed E-state index contributed by atoms with van der Waals surface area (Å²) in [6.07, 6.45) is 0.572. The number of benzene rings is 3. The van der Waals surface area contributed by atoms with Gasteiger partial charge in [-0.05, 0) is 29.7 Å². The number of likely N-dealkylation sites (tertiary alicyclic amines) is 1. The molecular formula is C27H25NO5. The molecule has 1 N–H and O–H groups in total. The standard InChI is InChI=1S/C27H25NO5/c1-32-21-14-13-20(17-22(21)33-2)24-23(25(29)19-11-7-4-8-12-19)26(30)27(31)28(24)16-15-18-9-5-3-6-10-18/h3-14,17,24,29H,15-16H2,1-2H3/b25-23+/t24-/m0/s1. The number of aliphatic hydroxyl groups is 1. The first-order chi connectivity index (χ1) is 16.0. The van der Waals surface area contributed by atoms with Gasteiger partial charge in [0.15, 0.2) is 11.5 Å². The number of ketones is 1. The number of Topliss-reactive ketones (excluding diaryl/α,β-unsaturated/α-hetero) is 1. The van der Waals surface area contributed by atoms with Crippen LogP contribution in [0.1, 0.15) is 22.7 Å². The van der Waals surface area contributed by atoms with Crippen molar-refractivity contribution in [3.8, 4) is 11.5 Å². The Hall–Kier alpha value is -4.06. The molecule has 0 aromatic heterocycles. The number of methoxy groups -OCH3 is 2. The molecule has 1 saturated heterocycles. The number of nitrogens with zero attached hydrogens (tertiary/aromatic N) is 1. The van der Waals surface area contributed by atoms with Crippen molar-refractivity contribution in [3.63, 3.8) is 0 Å². The molecule has 6 heteroatoms. The third-order valence-corrected chi connectivity index (χ3v) is 5.79. The molecule has 0 radical (unpaired) electrons. The van der Waals surface area contributed by atoms with Crippen LogP contribution in [0.4, 0.5) is 0 Å². The van der Waals surface area contributed by atoms with Gasteiger partial charge in [-0.2, -0.15) is 0 Å². The Morgan fingerprint density at radius 2 is 1.52 bits per heavy atom. The van der Waals surface area contributed by atoms with Crippen LogP contribution in [0.25, 0.3) is 5.76 Å². The lowest BCUT2D eigenvalue weighted by molar-refractivity contribution is -0.139. The van der Waals surface area contributed by atoms with Gasteiger partial charge in [0.25, 0.3) is 11.7 Å². The minimum absolute atomic E-state index is 0.0616. The molecule has 3 aromatic rings. The van der Waals surface area contributed by atoms with E-state index in [1.807, 2.05) is 36.4 Å². The number of hydrogen-bond acceptors (Lipinski definition) is 5. The van der Waals surface area contributed by atoms with Gasteiger partial charge in [0.2, 0.25) is 0 Å². The number of amides is 1. The molecule has 0 bridgehead atoms. The van der Waals surface area contributed by atoms with Crippen LogP contribution < -0.4 is 9.47 Å². The summed E-state index contributed by atoms with van der Waals surface area (Å²) in [6, 6.07) is 23.0. The Kier molecular flexibility index (Phi) is 6.45. The van der Waals surface area contributed by atoms with E-state index < -0.39 is 17.7 Å². The lowest BCUT2D eigenvalue weighted by Crippen LogP contribution is -2.31. The monoisotopic (exact) mass is 443 g/mol. The highest BCUT2D eigenvalue weighted by Crippen LogP contribution is 2.41. The van der Waals surface area contributed by atoms with Gasteiger partial charge in [-0.25, -0.2) is 0 Å². The van der Waals surface area contributed by atoms with Crippen LogP contribution in [0.5, 0.6) is 11.5 Å². The van der Waals surface area contributed by atoms with Crippen LogP contribution in [0, 0.1) is 0 Å². The quantitative estimate of drug-likeness (QED) is 0.333. The van der Waals surface area contributed by atoms with Crippen molar-refractivity contribution in [3.05, 3.63) is 101 Å². The van der Waals surface area contributed by atoms with Crippen molar-refractivity contribution in [2.45, 2.75) is 12.5 Å². The van der Waals surface area contributed by atoms with E-state index in [4.69, 9.17) is 9.47 Å². The lowest BCUT2D eigenvalue weighted by atomic mass is 9.95. The van der Waals surface area contributed by atoms with Crippen molar-refractivity contribution in [1.82, 2.24) is 4.90 Å². The molecule has 1 fully saturated rings. The molecule has 3 aromatic carbocycles. The van der Waals surface area contributed by atoms with Crippen LogP contribution >= 0.6 is 0 Å². The molecule has 1 aliphatic heterocycles. The molecule has 6 nitrogen and oxygen atoms in total. The molecule has 33 heavy (non-hydrogen) atoms. The Balaban J connectivity index is 1.82. The van der Waals surface area contributed by atoms with Gasteiger partial charge in [0.05, 0.1) is 25.8 Å². The van der Waals surface area contributed by atoms with E-state index in [0.29, 0.717) is 35.6 Å². The van der Waals surface area contributed by atoms with Crippen LogP contribution in [0.2, 0.25) is 0 Å². The summed E-state index contributed by atoms with van der Waals surface area (Å²) in [4.78, 5) is 27.8. The minimum atomic E-state index is -0.756. The van der Waals surface area contributed by atoms with E-state index in [1.165, 1.54) is 12.0 Å². The van der Waals surface area contributed by atoms with E-state index in [9.17, 15) is 14.7 Å². The van der Waals surface area contributed by atoms with Gasteiger partial charge in [0, 0.05) is 12.1 Å². The molecule has 4 rings (SSSR count). The summed E-state index contributed by atoms with van der Waals surface area (Å²) >= 11 is 0. The lowest BCUT2D eigenvalue weighted by Gasteiger charge is -2.26. The summed E-state index contributed by atoms with van der Waals surface area (Å²) in [5.41, 5.74) is 2.24. The van der Waals surface area contributed by atoms with Gasteiger partial charge >= 0.3 is 0 Å². The third kappa shape index (κ3) is 4.32. The highest BCUT2D eigenvalue weighted by Gasteiger charge is 2.46. The fourth-order valence-corrected chi connectivity index (χ4v) is 4.13. The molecule has 1 amide bonds. The SMILES string of the molecule is COc1ccc([C@H]2/C(=C(\O)c3ccccc3)C(=O)C(=O)N2CCc2ccccc2)cc1OC. The summed E-state index contributed by atoms with van der Waals surface area (Å²) < 4.78 is 10.8. The first-order valence-corrected chi connectivity index (χ1v) is 10.6. The van der Waals surface area contributed by atoms with E-state index in [1.54, 1.807) is 49.6 Å². The van der Waals surface area contributed by atoms with E-state index in [0.717, 1.165) is 5.56 Å². The van der Waals surface area contributed by atoms with Crippen molar-refractivity contribution < 1.29 is 24.2 Å². The third-order valence-electron chi connectivity index (χ3n) is 5.79. The smallest absolute Gasteiger partial charge is 0.295 e. The number of hydrogen-bond donors (Lipinski definition) is 1. The number of carbonyl (C=O) groups excluding carboxylic acids is 2. The van der Waals surface area contributed by atoms with Gasteiger partial charge < -0.3 is 19.5 Å². The van der Waals surface area contributed by atoms with Crippen LogP contribution in [-0.2, 0) is 16.0 Å². The number of carbonyl (C=O) groups is 2. The Morgan fingerprint density at radius 1 is 0.879 bits per heavy atom. The van der Waals surface area contributed by atoms with Crippen molar-refractivity contribution >= 4 is 17.4 Å². The average molecular weight is 443 g/mol. The molecule has 1 heterocycles. The number of ether oxygens (including phenoxy) is 2. The predicted octanol–water partition coefficient (Wildman–Crippen LogP) is 4.37. The van der Waals surface area contributed by atoms with E-state index in [2.05, 4.69) is 0 Å². The predicted molar refractivity (Wildman–Crippen MR) is 125 cm³/mol. The van der Waals surface area contributed by atoms with Crippen molar-refractivity contribution in [2.24, 2.45) is 0 Å². The summed E-state index contributed by atoms with van der Waals surface area (Å²) in [7, 11) is 3.07. The fraction of sp³-hybridized carbons (Fsp3) is 0.185. The average Bonchev–Trinajstić information content (AvgIpc) is 3.12. The zero-order valence-corrected chi connectivity index (χ0v) is 18.5. The van der Waals surface area contributed by atoms with Gasteiger partial charge in [-0.15, -0.1) is 0 Å². The maximum absolute atomic E-state index is 13.1. The topological polar surface area (TPSA) is 76.1 Å². The van der Waals surface area contributed by atoms with Crippen LogP contribution in [0.3, 0.4) is 0 Å². The van der Waals surface area contributed by atoms with Crippen molar-refractivity contribution in [2.75, 3.05) is 20.8 Å². The Labute approximate surface area is 192 Å². The summed E-state index contributed by atoms with van der Waals surface area (Å²) in [5, 5.41) is 11.1. The zero-order valence-electron chi connectivity index (χ0n) is 18.5. The molecule has 1 aliphatic rings. The van der Waals surface area contributed by atoms with Gasteiger partial charge in [-0.1, -0.05) is 66.7 Å². The van der Waals surface area contributed by atoms with Crippen molar-refractivity contribution in [1.29, 1.82) is 0 Å². The zero-order chi connectivity index (χ0) is 23.4. The normalized spacial score (nSPS) is 17.3. The largest absolute Gasteiger partial charge is 0.507 e. The molecule has 1 atom stereocenters. The summed E-state index contributed by atoms with van der Waals surface area (Å²) in [6.45, 7) is 0.319. The first-order valence-electron chi connectivity index (χ1n) is 10.6. The van der Waals surface area contributed by atoms with Crippen LogP contribution in [-0.4, -0.2) is 42.5 Å². The molecule has 0 saturated carbocycles. The maximum atomic E-state index is 13.1. The number of aliphatic hydroxyl groups excluding tert-OH is 1. The maximum Gasteiger partial charge on any atom is 0.295 e. The molecule has 0 aliphatic carbocycles. The first kappa shape index (κ1) is 22.1. The van der Waals surface area contributed by atoms with E-state index in [-0.39, 0.29) is 11.3 Å². The van der Waals surface area contributed by atoms with E-state index >= 15 is 0 Å². The second-order valence-electron chi connectivity index (χ2n) is 7.71. The molecule has 0 spiro atoms. The molecular weight excluding hydrogens is 418 g/mol. The highest BCUT2D eigenvalue weighted by molar-refractivity contribution is 6.46. The number of rotatable bonds is 7. The second-order valence-corrected chi connectivity index (χ2v) is 7.71. The van der Waals surface area contributed by atoms with Gasteiger partial charge in [-0.3, -0.25) is 9.59 Å². The molecule has 0 unspecified atom stereocenters. The Bertz CT molecular complexity index is 1190. The highest BCUT2D eigenvalue weighted by atomic mass is 16.5.